The molecule has 0 spiro atoms. The first kappa shape index (κ1) is 17.2. The van der Waals surface area contributed by atoms with Gasteiger partial charge in [0.1, 0.15) is 5.75 Å². The van der Waals surface area contributed by atoms with E-state index in [0.29, 0.717) is 30.9 Å². The minimum absolute atomic E-state index is 0.205. The summed E-state index contributed by atoms with van der Waals surface area (Å²) in [6, 6.07) is 4.72. The average molecular weight is 352 g/mol. The van der Waals surface area contributed by atoms with Gasteiger partial charge in [-0.2, -0.15) is 4.31 Å². The summed E-state index contributed by atoms with van der Waals surface area (Å²) >= 11 is 0. The Labute approximate surface area is 143 Å². The third-order valence-electron chi connectivity index (χ3n) is 4.54. The summed E-state index contributed by atoms with van der Waals surface area (Å²) in [6.07, 6.45) is 4.92. The molecule has 1 amide bonds. The summed E-state index contributed by atoms with van der Waals surface area (Å²) < 4.78 is 32.7. The van der Waals surface area contributed by atoms with Gasteiger partial charge in [-0.25, -0.2) is 8.42 Å². The van der Waals surface area contributed by atoms with Crippen molar-refractivity contribution < 1.29 is 17.9 Å². The number of anilines is 1. The fourth-order valence-corrected chi connectivity index (χ4v) is 4.67. The van der Waals surface area contributed by atoms with E-state index in [1.165, 1.54) is 10.4 Å². The monoisotopic (exact) mass is 352 g/mol. The van der Waals surface area contributed by atoms with Crippen LogP contribution < -0.4 is 10.1 Å². The Hall–Kier alpha value is -1.60. The van der Waals surface area contributed by atoms with E-state index in [-0.39, 0.29) is 10.8 Å². The van der Waals surface area contributed by atoms with Gasteiger partial charge in [-0.05, 0) is 43.9 Å². The Morgan fingerprint density at radius 3 is 2.71 bits per heavy atom. The van der Waals surface area contributed by atoms with Crippen molar-refractivity contribution >= 4 is 21.6 Å². The van der Waals surface area contributed by atoms with E-state index >= 15 is 0 Å². The number of piperidine rings is 1. The predicted molar refractivity (Wildman–Crippen MR) is 91.6 cm³/mol. The van der Waals surface area contributed by atoms with Gasteiger partial charge in [0.2, 0.25) is 10.0 Å². The van der Waals surface area contributed by atoms with Crippen LogP contribution in [0, 0.1) is 0 Å². The molecule has 6 nitrogen and oxygen atoms in total. The molecular weight excluding hydrogens is 328 g/mol. The van der Waals surface area contributed by atoms with Gasteiger partial charge in [0.05, 0.1) is 10.6 Å². The number of nitrogens with one attached hydrogen (secondary N) is 1. The standard InChI is InChI=1S/C17H24N2O4S/c1-2-3-7-16-17(20)18-14-12-13(8-9-15(14)23-16)24(21,22)19-10-5-4-6-11-19/h8-9,12,16H,2-7,10-11H2,1H3,(H,18,20). The molecule has 0 bridgehead atoms. The quantitative estimate of drug-likeness (QED) is 0.884. The summed E-state index contributed by atoms with van der Waals surface area (Å²) in [5, 5.41) is 2.79. The van der Waals surface area contributed by atoms with Crippen molar-refractivity contribution in [2.45, 2.75) is 56.4 Å². The zero-order valence-electron chi connectivity index (χ0n) is 14.0. The highest BCUT2D eigenvalue weighted by molar-refractivity contribution is 7.89. The number of hydrogen-bond donors (Lipinski definition) is 1. The number of sulfonamides is 1. The third kappa shape index (κ3) is 3.42. The van der Waals surface area contributed by atoms with Gasteiger partial charge in [0.25, 0.3) is 5.91 Å². The number of unbranched alkanes of at least 4 members (excludes halogenated alkanes) is 1. The van der Waals surface area contributed by atoms with Crippen LogP contribution in [0.3, 0.4) is 0 Å². The molecule has 132 valence electrons. The zero-order valence-corrected chi connectivity index (χ0v) is 14.8. The average Bonchev–Trinajstić information content (AvgIpc) is 2.60. The molecule has 1 aromatic carbocycles. The van der Waals surface area contributed by atoms with Crippen molar-refractivity contribution in [3.05, 3.63) is 18.2 Å². The number of carbonyl (C=O) groups excluding carboxylic acids is 1. The maximum absolute atomic E-state index is 12.7. The largest absolute Gasteiger partial charge is 0.478 e. The van der Waals surface area contributed by atoms with Crippen molar-refractivity contribution in [3.8, 4) is 5.75 Å². The van der Waals surface area contributed by atoms with Crippen LogP contribution in [0.15, 0.2) is 23.1 Å². The molecule has 1 saturated heterocycles. The minimum Gasteiger partial charge on any atom is -0.478 e. The first-order valence-electron chi connectivity index (χ1n) is 8.64. The number of carbonyl (C=O) groups is 1. The van der Waals surface area contributed by atoms with E-state index in [2.05, 4.69) is 12.2 Å². The predicted octanol–water partition coefficient (Wildman–Crippen LogP) is 2.75. The topological polar surface area (TPSA) is 75.7 Å². The van der Waals surface area contributed by atoms with Crippen LogP contribution in [-0.2, 0) is 14.8 Å². The number of amides is 1. The number of rotatable bonds is 5. The maximum atomic E-state index is 12.7. The van der Waals surface area contributed by atoms with Gasteiger partial charge < -0.3 is 10.1 Å². The Morgan fingerprint density at radius 1 is 1.25 bits per heavy atom. The molecule has 0 aliphatic carbocycles. The summed E-state index contributed by atoms with van der Waals surface area (Å²) in [4.78, 5) is 12.3. The first-order valence-corrected chi connectivity index (χ1v) is 10.1. The SMILES string of the molecule is CCCCC1Oc2ccc(S(=O)(=O)N3CCCCC3)cc2NC1=O. The van der Waals surface area contributed by atoms with Crippen molar-refractivity contribution in [2.24, 2.45) is 0 Å². The Morgan fingerprint density at radius 2 is 2.00 bits per heavy atom. The van der Waals surface area contributed by atoms with Crippen molar-refractivity contribution in [3.63, 3.8) is 0 Å². The van der Waals surface area contributed by atoms with Crippen LogP contribution in [0.1, 0.15) is 45.4 Å². The molecule has 0 radical (unpaired) electrons. The van der Waals surface area contributed by atoms with Gasteiger partial charge >= 0.3 is 0 Å². The van der Waals surface area contributed by atoms with E-state index in [1.54, 1.807) is 12.1 Å². The van der Waals surface area contributed by atoms with Crippen molar-refractivity contribution in [1.82, 2.24) is 4.31 Å². The van der Waals surface area contributed by atoms with Gasteiger partial charge in [0.15, 0.2) is 6.10 Å². The second-order valence-electron chi connectivity index (χ2n) is 6.36. The Kier molecular flexibility index (Phi) is 5.10. The summed E-state index contributed by atoms with van der Waals surface area (Å²) in [5.74, 6) is 0.330. The maximum Gasteiger partial charge on any atom is 0.265 e. The molecule has 1 aromatic rings. The van der Waals surface area contributed by atoms with Gasteiger partial charge in [-0.1, -0.05) is 19.8 Å². The van der Waals surface area contributed by atoms with E-state index in [4.69, 9.17) is 4.74 Å². The lowest BCUT2D eigenvalue weighted by Gasteiger charge is -2.28. The number of nitrogens with zero attached hydrogens (tertiary/aromatic N) is 1. The molecule has 7 heteroatoms. The molecule has 24 heavy (non-hydrogen) atoms. The van der Waals surface area contributed by atoms with Gasteiger partial charge in [-0.15, -0.1) is 0 Å². The normalized spacial score (nSPS) is 21.7. The van der Waals surface area contributed by atoms with Gasteiger partial charge in [-0.3, -0.25) is 4.79 Å². The molecule has 2 aliphatic rings. The van der Waals surface area contributed by atoms with Crippen molar-refractivity contribution in [1.29, 1.82) is 0 Å². The number of fused-ring (bicyclic) bond motifs is 1. The zero-order chi connectivity index (χ0) is 17.2. The first-order chi connectivity index (χ1) is 11.5. The van der Waals surface area contributed by atoms with Crippen LogP contribution in [0.5, 0.6) is 5.75 Å². The molecule has 1 atom stereocenters. The lowest BCUT2D eigenvalue weighted by molar-refractivity contribution is -0.123. The lowest BCUT2D eigenvalue weighted by atomic mass is 10.1. The van der Waals surface area contributed by atoms with E-state index in [9.17, 15) is 13.2 Å². The fourth-order valence-electron chi connectivity index (χ4n) is 3.12. The number of ether oxygens (including phenoxy) is 1. The van der Waals surface area contributed by atoms with Crippen molar-refractivity contribution in [2.75, 3.05) is 18.4 Å². The molecule has 1 fully saturated rings. The molecule has 1 unspecified atom stereocenters. The minimum atomic E-state index is -3.51. The highest BCUT2D eigenvalue weighted by Crippen LogP contribution is 2.34. The molecule has 2 heterocycles. The van der Waals surface area contributed by atoms with Gasteiger partial charge in [0, 0.05) is 13.1 Å². The lowest BCUT2D eigenvalue weighted by Crippen LogP contribution is -2.37. The molecule has 0 saturated carbocycles. The molecule has 3 rings (SSSR count). The van der Waals surface area contributed by atoms with Crippen LogP contribution in [0.25, 0.3) is 0 Å². The van der Waals surface area contributed by atoms with Crippen LogP contribution in [-0.4, -0.2) is 37.8 Å². The van der Waals surface area contributed by atoms with E-state index < -0.39 is 16.1 Å². The van der Waals surface area contributed by atoms with E-state index in [0.717, 1.165) is 32.1 Å². The van der Waals surface area contributed by atoms with E-state index in [1.807, 2.05) is 0 Å². The summed E-state index contributed by atoms with van der Waals surface area (Å²) in [6.45, 7) is 3.18. The summed E-state index contributed by atoms with van der Waals surface area (Å²) in [7, 11) is -3.51. The Balaban J connectivity index is 1.82. The fraction of sp³-hybridized carbons (Fsp3) is 0.588. The molecule has 2 aliphatic heterocycles. The highest BCUT2D eigenvalue weighted by Gasteiger charge is 2.30. The second-order valence-corrected chi connectivity index (χ2v) is 8.30. The van der Waals surface area contributed by atoms with Crippen LogP contribution in [0.2, 0.25) is 0 Å². The smallest absolute Gasteiger partial charge is 0.265 e. The van der Waals surface area contributed by atoms with Crippen LogP contribution in [0.4, 0.5) is 5.69 Å². The highest BCUT2D eigenvalue weighted by atomic mass is 32.2. The number of hydrogen-bond acceptors (Lipinski definition) is 4. The third-order valence-corrected chi connectivity index (χ3v) is 6.44. The van der Waals surface area contributed by atoms with Crippen LogP contribution >= 0.6 is 0 Å². The molecule has 1 N–H and O–H groups in total. The number of benzene rings is 1. The Bertz CT molecular complexity index is 711. The second kappa shape index (κ2) is 7.11. The molecular formula is C17H24N2O4S. The molecule has 0 aromatic heterocycles. The summed E-state index contributed by atoms with van der Waals surface area (Å²) in [5.41, 5.74) is 0.436.